The fraction of sp³-hybridized carbons (Fsp3) is 0.259. The molecule has 1 heterocycles. The molecule has 194 valence electrons. The van der Waals surface area contributed by atoms with Crippen LogP contribution >= 0.6 is 11.6 Å². The summed E-state index contributed by atoms with van der Waals surface area (Å²) in [6.07, 6.45) is 0.705. The maximum absolute atomic E-state index is 13.9. The molecule has 0 saturated carbocycles. The normalized spacial score (nSPS) is 16.2. The highest BCUT2D eigenvalue weighted by atomic mass is 35.5. The van der Waals surface area contributed by atoms with E-state index in [1.165, 1.54) is 25.3 Å². The van der Waals surface area contributed by atoms with Crippen molar-refractivity contribution in [2.45, 2.75) is 31.9 Å². The smallest absolute Gasteiger partial charge is 0.323 e. The Morgan fingerprint density at radius 3 is 2.41 bits per heavy atom. The predicted molar refractivity (Wildman–Crippen MR) is 130 cm³/mol. The molecule has 0 bridgehead atoms. The number of benzene rings is 3. The molecule has 1 atom stereocenters. The van der Waals surface area contributed by atoms with Gasteiger partial charge in [-0.05, 0) is 54.4 Å². The number of carbonyl (C=O) groups is 2. The molecule has 1 aliphatic rings. The van der Waals surface area contributed by atoms with Gasteiger partial charge >= 0.3 is 5.97 Å². The van der Waals surface area contributed by atoms with Gasteiger partial charge in [-0.25, -0.2) is 13.2 Å². The van der Waals surface area contributed by atoms with Gasteiger partial charge in [0, 0.05) is 36.6 Å². The second-order valence-corrected chi connectivity index (χ2v) is 9.56. The Balaban J connectivity index is 1.62. The fourth-order valence-corrected chi connectivity index (χ4v) is 4.63. The first kappa shape index (κ1) is 26.3. The van der Waals surface area contributed by atoms with Crippen LogP contribution in [0.5, 0.6) is 11.5 Å². The zero-order chi connectivity index (χ0) is 26.9. The van der Waals surface area contributed by atoms with E-state index in [0.717, 1.165) is 17.0 Å². The summed E-state index contributed by atoms with van der Waals surface area (Å²) in [5.74, 6) is -3.48. The lowest BCUT2D eigenvalue weighted by atomic mass is 9.91. The van der Waals surface area contributed by atoms with Gasteiger partial charge < -0.3 is 19.5 Å². The molecule has 10 heteroatoms. The molecule has 1 amide bonds. The Hall–Kier alpha value is -3.72. The molecule has 0 radical (unpaired) electrons. The SMILES string of the molecule is COc1cc(C(=O)N(CC(=O)O)Cc2cc(F)cc(F)c2)cc2c1O[C@](C)(Cc1ccc(Cl)c(F)c1)C2. The molecular formula is C27H23ClF3NO5. The summed E-state index contributed by atoms with van der Waals surface area (Å²) in [5, 5.41) is 9.36. The number of carboxylic acid groups (broad SMARTS) is 1. The van der Waals surface area contributed by atoms with E-state index in [2.05, 4.69) is 0 Å². The number of hydrogen-bond acceptors (Lipinski definition) is 4. The molecule has 0 spiro atoms. The van der Waals surface area contributed by atoms with Crippen molar-refractivity contribution in [2.75, 3.05) is 13.7 Å². The highest BCUT2D eigenvalue weighted by Gasteiger charge is 2.38. The number of aliphatic carboxylic acids is 1. The lowest BCUT2D eigenvalue weighted by molar-refractivity contribution is -0.137. The lowest BCUT2D eigenvalue weighted by Crippen LogP contribution is -2.35. The van der Waals surface area contributed by atoms with Crippen LogP contribution in [0.4, 0.5) is 13.2 Å². The zero-order valence-corrected chi connectivity index (χ0v) is 20.7. The van der Waals surface area contributed by atoms with E-state index in [9.17, 15) is 27.9 Å². The minimum Gasteiger partial charge on any atom is -0.493 e. The number of rotatable bonds is 8. The van der Waals surface area contributed by atoms with Gasteiger partial charge in [0.25, 0.3) is 5.91 Å². The predicted octanol–water partition coefficient (Wildman–Crippen LogP) is 5.43. The molecule has 4 rings (SSSR count). The maximum Gasteiger partial charge on any atom is 0.323 e. The van der Waals surface area contributed by atoms with Gasteiger partial charge in [0.15, 0.2) is 11.5 Å². The first-order valence-corrected chi connectivity index (χ1v) is 11.6. The van der Waals surface area contributed by atoms with Crippen molar-refractivity contribution >= 4 is 23.5 Å². The maximum atomic E-state index is 13.9. The Morgan fingerprint density at radius 2 is 1.78 bits per heavy atom. The summed E-state index contributed by atoms with van der Waals surface area (Å²) in [6.45, 7) is 0.831. The van der Waals surface area contributed by atoms with E-state index < -0.39 is 41.5 Å². The Morgan fingerprint density at radius 1 is 1.08 bits per heavy atom. The number of amides is 1. The van der Waals surface area contributed by atoms with Gasteiger partial charge in [0.1, 0.15) is 29.6 Å². The van der Waals surface area contributed by atoms with Crippen LogP contribution in [-0.2, 0) is 24.2 Å². The van der Waals surface area contributed by atoms with Crippen molar-refractivity contribution in [1.29, 1.82) is 0 Å². The van der Waals surface area contributed by atoms with Gasteiger partial charge in [-0.2, -0.15) is 0 Å². The molecule has 3 aromatic rings. The average molecular weight is 534 g/mol. The Kier molecular flexibility index (Phi) is 7.36. The number of methoxy groups -OCH3 is 1. The van der Waals surface area contributed by atoms with Crippen LogP contribution in [0.2, 0.25) is 5.02 Å². The fourth-order valence-electron chi connectivity index (χ4n) is 4.52. The van der Waals surface area contributed by atoms with E-state index in [1.54, 1.807) is 12.1 Å². The topological polar surface area (TPSA) is 76.1 Å². The summed E-state index contributed by atoms with van der Waals surface area (Å²) in [4.78, 5) is 25.8. The molecule has 3 aromatic carbocycles. The van der Waals surface area contributed by atoms with Gasteiger partial charge in [-0.3, -0.25) is 9.59 Å². The first-order valence-electron chi connectivity index (χ1n) is 11.3. The van der Waals surface area contributed by atoms with E-state index >= 15 is 0 Å². The summed E-state index contributed by atoms with van der Waals surface area (Å²) in [6, 6.07) is 10.3. The number of carboxylic acids is 1. The van der Waals surface area contributed by atoms with E-state index in [-0.39, 0.29) is 28.4 Å². The molecule has 6 nitrogen and oxygen atoms in total. The standard InChI is InChI=1S/C27H23ClF3NO5/c1-27(11-15-3-4-21(28)22(31)7-15)12-18-8-17(9-23(36-2)25(18)37-27)26(35)32(14-24(33)34)13-16-5-19(29)10-20(30)6-16/h3-10H,11-14H2,1-2H3,(H,33,34)/t27-/m1/s1. The second-order valence-electron chi connectivity index (χ2n) is 9.15. The third-order valence-electron chi connectivity index (χ3n) is 5.98. The molecule has 0 aromatic heterocycles. The minimum atomic E-state index is -1.29. The van der Waals surface area contributed by atoms with Crippen LogP contribution in [0.1, 0.15) is 34.0 Å². The lowest BCUT2D eigenvalue weighted by Gasteiger charge is -2.24. The van der Waals surface area contributed by atoms with E-state index in [0.29, 0.717) is 35.8 Å². The molecule has 0 aliphatic carbocycles. The third kappa shape index (κ3) is 5.99. The third-order valence-corrected chi connectivity index (χ3v) is 6.29. The quantitative estimate of drug-likeness (QED) is 0.418. The van der Waals surface area contributed by atoms with Crippen LogP contribution in [0.25, 0.3) is 0 Å². The van der Waals surface area contributed by atoms with Crippen molar-refractivity contribution < 1.29 is 37.3 Å². The van der Waals surface area contributed by atoms with Crippen LogP contribution in [0.15, 0.2) is 48.5 Å². The van der Waals surface area contributed by atoms with Crippen LogP contribution in [0.3, 0.4) is 0 Å². The largest absolute Gasteiger partial charge is 0.493 e. The summed E-state index contributed by atoms with van der Waals surface area (Å²) in [5.41, 5.74) is 0.761. The molecule has 1 N–H and O–H groups in total. The number of fused-ring (bicyclic) bond motifs is 1. The molecule has 0 fully saturated rings. The number of nitrogens with zero attached hydrogens (tertiary/aromatic N) is 1. The van der Waals surface area contributed by atoms with Crippen molar-refractivity contribution in [1.82, 2.24) is 4.90 Å². The highest BCUT2D eigenvalue weighted by molar-refractivity contribution is 6.30. The minimum absolute atomic E-state index is 0.0150. The summed E-state index contributed by atoms with van der Waals surface area (Å²) in [7, 11) is 1.40. The van der Waals surface area contributed by atoms with Crippen LogP contribution in [-0.4, -0.2) is 41.1 Å². The van der Waals surface area contributed by atoms with Crippen LogP contribution in [0, 0.1) is 17.5 Å². The van der Waals surface area contributed by atoms with Gasteiger partial charge in [0.05, 0.1) is 12.1 Å². The van der Waals surface area contributed by atoms with E-state index in [1.807, 2.05) is 6.92 Å². The van der Waals surface area contributed by atoms with Gasteiger partial charge in [-0.15, -0.1) is 0 Å². The molecule has 1 aliphatic heterocycles. The van der Waals surface area contributed by atoms with Crippen molar-refractivity contribution in [3.8, 4) is 11.5 Å². The van der Waals surface area contributed by atoms with Crippen molar-refractivity contribution in [3.63, 3.8) is 0 Å². The number of ether oxygens (including phenoxy) is 2. The monoisotopic (exact) mass is 533 g/mol. The Labute approximate surface area is 216 Å². The first-order chi connectivity index (χ1) is 17.5. The molecule has 0 unspecified atom stereocenters. The highest BCUT2D eigenvalue weighted by Crippen LogP contribution is 2.44. The number of hydrogen-bond donors (Lipinski definition) is 1. The van der Waals surface area contributed by atoms with Gasteiger partial charge in [0.2, 0.25) is 0 Å². The molecular weight excluding hydrogens is 511 g/mol. The van der Waals surface area contributed by atoms with Crippen molar-refractivity contribution in [2.24, 2.45) is 0 Å². The zero-order valence-electron chi connectivity index (χ0n) is 20.0. The summed E-state index contributed by atoms with van der Waals surface area (Å²) >= 11 is 5.78. The second kappa shape index (κ2) is 10.3. The molecule has 0 saturated heterocycles. The van der Waals surface area contributed by atoms with Crippen LogP contribution < -0.4 is 9.47 Å². The number of carbonyl (C=O) groups excluding carboxylic acids is 1. The summed E-state index contributed by atoms with van der Waals surface area (Å²) < 4.78 is 52.9. The average Bonchev–Trinajstić information content (AvgIpc) is 3.14. The Bertz CT molecular complexity index is 1360. The number of halogens is 4. The van der Waals surface area contributed by atoms with Crippen molar-refractivity contribution in [3.05, 3.63) is 93.3 Å². The molecule has 37 heavy (non-hydrogen) atoms. The van der Waals surface area contributed by atoms with Gasteiger partial charge in [-0.1, -0.05) is 17.7 Å². The van der Waals surface area contributed by atoms with E-state index in [4.69, 9.17) is 21.1 Å².